The summed E-state index contributed by atoms with van der Waals surface area (Å²) in [6, 6.07) is 5.31. The lowest BCUT2D eigenvalue weighted by molar-refractivity contribution is 0.0690. The minimum atomic E-state index is -1.07. The van der Waals surface area contributed by atoms with Crippen LogP contribution in [0.3, 0.4) is 0 Å². The summed E-state index contributed by atoms with van der Waals surface area (Å²) in [6.07, 6.45) is 0. The van der Waals surface area contributed by atoms with Crippen molar-refractivity contribution in [1.82, 2.24) is 14.4 Å². The largest absolute Gasteiger partial charge is 0.476 e. The Morgan fingerprint density at radius 3 is 3.00 bits per heavy atom. The van der Waals surface area contributed by atoms with Crippen molar-refractivity contribution in [3.8, 4) is 0 Å². The number of imidazole rings is 2. The molecule has 17 heavy (non-hydrogen) atoms. The number of benzene rings is 1. The molecule has 0 saturated heterocycles. The topological polar surface area (TPSA) is 70.4 Å². The number of hydrogen-bond donors (Lipinski definition) is 2. The molecule has 0 amide bonds. The summed E-state index contributed by atoms with van der Waals surface area (Å²) in [7, 11) is 0. The van der Waals surface area contributed by atoms with Crippen LogP contribution in [0.1, 0.15) is 10.5 Å². The molecule has 3 rings (SSSR count). The van der Waals surface area contributed by atoms with E-state index in [1.165, 1.54) is 0 Å². The average Bonchev–Trinajstić information content (AvgIpc) is 2.75. The number of nitrogens with zero attached hydrogens (tertiary/aromatic N) is 2. The van der Waals surface area contributed by atoms with E-state index in [2.05, 4.69) is 25.9 Å². The number of hydrogen-bond acceptors (Lipinski definition) is 2. The Morgan fingerprint density at radius 2 is 2.29 bits per heavy atom. The van der Waals surface area contributed by atoms with Crippen LogP contribution in [0.5, 0.6) is 0 Å². The number of carboxylic acid groups (broad SMARTS) is 1. The summed E-state index contributed by atoms with van der Waals surface area (Å²) in [4.78, 5) is 17.9. The number of rotatable bonds is 1. The van der Waals surface area contributed by atoms with Crippen LogP contribution in [-0.4, -0.2) is 25.4 Å². The summed E-state index contributed by atoms with van der Waals surface area (Å²) in [5, 5.41) is 9.57. The van der Waals surface area contributed by atoms with Gasteiger partial charge in [-0.2, -0.15) is 0 Å². The number of fused-ring (bicyclic) bond motifs is 3. The molecule has 2 N–H and O–H groups in total. The maximum atomic E-state index is 10.9. The fraction of sp³-hybridized carbons (Fsp3) is 0. The van der Waals surface area contributed by atoms with Crippen LogP contribution in [0.25, 0.3) is 16.8 Å². The SMILES string of the molecule is O=C(O)c1nc2[nH]c3cc(Cl)ccc3n2c1Br. The zero-order valence-corrected chi connectivity index (χ0v) is 10.6. The number of H-pyrrole nitrogens is 1. The predicted molar refractivity (Wildman–Crippen MR) is 66.7 cm³/mol. The quantitative estimate of drug-likeness (QED) is 0.725. The number of carboxylic acids is 1. The number of aromatic carboxylic acids is 1. The second kappa shape index (κ2) is 3.48. The first-order chi connectivity index (χ1) is 8.08. The molecular formula is C10H5BrClN3O2. The van der Waals surface area contributed by atoms with Gasteiger partial charge in [0.1, 0.15) is 4.60 Å². The first-order valence-corrected chi connectivity index (χ1v) is 5.83. The summed E-state index contributed by atoms with van der Waals surface area (Å²) >= 11 is 9.12. The van der Waals surface area contributed by atoms with Gasteiger partial charge in [-0.25, -0.2) is 9.78 Å². The van der Waals surface area contributed by atoms with E-state index in [1.807, 2.05) is 0 Å². The van der Waals surface area contributed by atoms with Gasteiger partial charge in [-0.05, 0) is 34.1 Å². The van der Waals surface area contributed by atoms with Crippen molar-refractivity contribution < 1.29 is 9.90 Å². The van der Waals surface area contributed by atoms with Gasteiger partial charge in [0.25, 0.3) is 0 Å². The molecule has 3 aromatic rings. The van der Waals surface area contributed by atoms with Gasteiger partial charge < -0.3 is 10.1 Å². The van der Waals surface area contributed by atoms with Crippen molar-refractivity contribution in [2.45, 2.75) is 0 Å². The van der Waals surface area contributed by atoms with Gasteiger partial charge in [-0.1, -0.05) is 11.6 Å². The molecule has 0 unspecified atom stereocenters. The molecule has 7 heteroatoms. The molecular weight excluding hydrogens is 309 g/mol. The van der Waals surface area contributed by atoms with Crippen LogP contribution in [0.2, 0.25) is 5.02 Å². The molecule has 1 aromatic carbocycles. The lowest BCUT2D eigenvalue weighted by Gasteiger charge is -1.94. The van der Waals surface area contributed by atoms with E-state index >= 15 is 0 Å². The Morgan fingerprint density at radius 1 is 1.53 bits per heavy atom. The molecule has 0 fully saturated rings. The zero-order valence-electron chi connectivity index (χ0n) is 8.24. The van der Waals surface area contributed by atoms with Crippen molar-refractivity contribution in [1.29, 1.82) is 0 Å². The predicted octanol–water partition coefficient (Wildman–Crippen LogP) is 2.93. The van der Waals surface area contributed by atoms with Crippen LogP contribution in [0.15, 0.2) is 22.8 Å². The number of nitrogens with one attached hydrogen (secondary N) is 1. The second-order valence-corrected chi connectivity index (χ2v) is 4.69. The van der Waals surface area contributed by atoms with Crippen molar-refractivity contribution in [3.05, 3.63) is 33.5 Å². The average molecular weight is 315 g/mol. The molecule has 0 atom stereocenters. The molecule has 0 aliphatic carbocycles. The Kier molecular flexibility index (Phi) is 2.17. The van der Waals surface area contributed by atoms with E-state index in [9.17, 15) is 4.79 Å². The first kappa shape index (κ1) is 10.6. The maximum Gasteiger partial charge on any atom is 0.357 e. The lowest BCUT2D eigenvalue weighted by Crippen LogP contribution is -1.97. The van der Waals surface area contributed by atoms with E-state index in [0.29, 0.717) is 15.4 Å². The smallest absolute Gasteiger partial charge is 0.357 e. The highest BCUT2D eigenvalue weighted by molar-refractivity contribution is 9.10. The summed E-state index contributed by atoms with van der Waals surface area (Å²) in [5.41, 5.74) is 1.60. The van der Waals surface area contributed by atoms with Gasteiger partial charge >= 0.3 is 5.97 Å². The summed E-state index contributed by atoms with van der Waals surface area (Å²) in [6.45, 7) is 0. The molecule has 0 radical (unpaired) electrons. The molecule has 0 saturated carbocycles. The Hall–Kier alpha value is -1.53. The van der Waals surface area contributed by atoms with Crippen LogP contribution in [0, 0.1) is 0 Å². The first-order valence-electron chi connectivity index (χ1n) is 4.66. The van der Waals surface area contributed by atoms with Crippen LogP contribution in [-0.2, 0) is 0 Å². The molecule has 0 spiro atoms. The van der Waals surface area contributed by atoms with E-state index in [0.717, 1.165) is 11.0 Å². The fourth-order valence-electron chi connectivity index (χ4n) is 1.76. The number of aromatic nitrogens is 3. The third-order valence-corrected chi connectivity index (χ3v) is 3.44. The molecule has 5 nitrogen and oxygen atoms in total. The van der Waals surface area contributed by atoms with E-state index in [1.54, 1.807) is 22.6 Å². The Bertz CT molecular complexity index is 762. The highest BCUT2D eigenvalue weighted by Crippen LogP contribution is 2.26. The molecule has 86 valence electrons. The van der Waals surface area contributed by atoms with Crippen molar-refractivity contribution in [2.75, 3.05) is 0 Å². The van der Waals surface area contributed by atoms with Crippen molar-refractivity contribution in [2.24, 2.45) is 0 Å². The summed E-state index contributed by atoms with van der Waals surface area (Å²) in [5.74, 6) is -0.609. The molecule has 0 bridgehead atoms. The van der Waals surface area contributed by atoms with Crippen LogP contribution >= 0.6 is 27.5 Å². The standard InChI is InChI=1S/C10H5BrClN3O2/c11-8-7(9(16)17)14-10-13-5-3-4(12)1-2-6(5)15(8)10/h1-3H,(H,13,14)(H,16,17). The highest BCUT2D eigenvalue weighted by atomic mass is 79.9. The van der Waals surface area contributed by atoms with E-state index < -0.39 is 5.97 Å². The monoisotopic (exact) mass is 313 g/mol. The highest BCUT2D eigenvalue weighted by Gasteiger charge is 2.19. The number of aromatic amines is 1. The number of carbonyl (C=O) groups is 1. The Balaban J connectivity index is 2.46. The maximum absolute atomic E-state index is 10.9. The Labute approximate surface area is 108 Å². The van der Waals surface area contributed by atoms with E-state index in [-0.39, 0.29) is 5.69 Å². The minimum absolute atomic E-state index is 0.0203. The molecule has 2 aromatic heterocycles. The van der Waals surface area contributed by atoms with Gasteiger partial charge in [0.15, 0.2) is 5.69 Å². The fourth-order valence-corrected chi connectivity index (χ4v) is 2.55. The van der Waals surface area contributed by atoms with Gasteiger partial charge in [-0.3, -0.25) is 4.40 Å². The third kappa shape index (κ3) is 1.44. The molecule has 0 aliphatic heterocycles. The second-order valence-electron chi connectivity index (χ2n) is 3.50. The molecule has 0 aliphatic rings. The third-order valence-electron chi connectivity index (χ3n) is 2.47. The van der Waals surface area contributed by atoms with Gasteiger partial charge in [-0.15, -0.1) is 0 Å². The lowest BCUT2D eigenvalue weighted by atomic mass is 10.3. The van der Waals surface area contributed by atoms with Crippen molar-refractivity contribution in [3.63, 3.8) is 0 Å². The van der Waals surface area contributed by atoms with Crippen molar-refractivity contribution >= 4 is 50.3 Å². The van der Waals surface area contributed by atoms with Gasteiger partial charge in [0.2, 0.25) is 5.78 Å². The van der Waals surface area contributed by atoms with Gasteiger partial charge in [0.05, 0.1) is 11.0 Å². The van der Waals surface area contributed by atoms with E-state index in [4.69, 9.17) is 16.7 Å². The van der Waals surface area contributed by atoms with Crippen LogP contribution < -0.4 is 0 Å². The summed E-state index contributed by atoms with van der Waals surface area (Å²) < 4.78 is 2.10. The molecule has 2 heterocycles. The van der Waals surface area contributed by atoms with Crippen LogP contribution in [0.4, 0.5) is 0 Å². The normalized spacial score (nSPS) is 11.4. The number of halogens is 2. The minimum Gasteiger partial charge on any atom is -0.476 e. The van der Waals surface area contributed by atoms with Gasteiger partial charge in [0, 0.05) is 5.02 Å². The zero-order chi connectivity index (χ0) is 12.2.